The van der Waals surface area contributed by atoms with Crippen molar-refractivity contribution < 1.29 is 4.79 Å². The SMILES string of the molecule is CCc1nc(N)cc(NC(C)C(=O)N2CCCCC2)n1. The first-order valence-corrected chi connectivity index (χ1v) is 7.29. The van der Waals surface area contributed by atoms with E-state index in [-0.39, 0.29) is 11.9 Å². The Morgan fingerprint density at radius 1 is 1.40 bits per heavy atom. The Balaban J connectivity index is 2.01. The summed E-state index contributed by atoms with van der Waals surface area (Å²) in [7, 11) is 0. The highest BCUT2D eigenvalue weighted by atomic mass is 16.2. The third-order valence-corrected chi connectivity index (χ3v) is 3.51. The van der Waals surface area contributed by atoms with Crippen LogP contribution in [0, 0.1) is 0 Å². The van der Waals surface area contributed by atoms with E-state index >= 15 is 0 Å². The molecule has 2 heterocycles. The Hall–Kier alpha value is -1.85. The zero-order valence-electron chi connectivity index (χ0n) is 12.2. The van der Waals surface area contributed by atoms with Crippen LogP contribution < -0.4 is 11.1 Å². The smallest absolute Gasteiger partial charge is 0.244 e. The molecule has 2 rings (SSSR count). The van der Waals surface area contributed by atoms with Crippen molar-refractivity contribution in [2.24, 2.45) is 0 Å². The third kappa shape index (κ3) is 3.59. The number of nitrogens with zero attached hydrogens (tertiary/aromatic N) is 3. The van der Waals surface area contributed by atoms with E-state index in [1.165, 1.54) is 6.42 Å². The van der Waals surface area contributed by atoms with Gasteiger partial charge in [0.15, 0.2) is 0 Å². The normalized spacial score (nSPS) is 16.8. The lowest BCUT2D eigenvalue weighted by molar-refractivity contribution is -0.132. The number of anilines is 2. The molecule has 6 heteroatoms. The molecule has 0 bridgehead atoms. The predicted octanol–water partition coefficient (Wildman–Crippen LogP) is 1.43. The molecule has 0 saturated carbocycles. The summed E-state index contributed by atoms with van der Waals surface area (Å²) in [6, 6.07) is 1.37. The molecule has 1 atom stereocenters. The van der Waals surface area contributed by atoms with Crippen molar-refractivity contribution in [2.45, 2.75) is 45.6 Å². The van der Waals surface area contributed by atoms with Gasteiger partial charge in [0.2, 0.25) is 5.91 Å². The van der Waals surface area contributed by atoms with E-state index in [0.717, 1.165) is 25.9 Å². The molecule has 1 amide bonds. The standard InChI is InChI=1S/C14H23N5O/c1-3-12-17-11(15)9-13(18-12)16-10(2)14(20)19-7-5-4-6-8-19/h9-10H,3-8H2,1-2H3,(H3,15,16,17,18). The monoisotopic (exact) mass is 277 g/mol. The first-order valence-electron chi connectivity index (χ1n) is 7.29. The van der Waals surface area contributed by atoms with Crippen LogP contribution in [0.5, 0.6) is 0 Å². The molecule has 6 nitrogen and oxygen atoms in total. The fourth-order valence-electron chi connectivity index (χ4n) is 2.42. The van der Waals surface area contributed by atoms with E-state index in [1.54, 1.807) is 6.07 Å². The molecule has 1 fully saturated rings. The van der Waals surface area contributed by atoms with Gasteiger partial charge in [-0.2, -0.15) is 0 Å². The lowest BCUT2D eigenvalue weighted by Crippen LogP contribution is -2.44. The zero-order valence-corrected chi connectivity index (χ0v) is 12.2. The van der Waals surface area contributed by atoms with Crippen molar-refractivity contribution in [1.29, 1.82) is 0 Å². The van der Waals surface area contributed by atoms with E-state index in [1.807, 2.05) is 18.7 Å². The molecule has 1 aromatic rings. The number of carbonyl (C=O) groups excluding carboxylic acids is 1. The summed E-state index contributed by atoms with van der Waals surface area (Å²) < 4.78 is 0. The van der Waals surface area contributed by atoms with E-state index in [2.05, 4.69) is 15.3 Å². The highest BCUT2D eigenvalue weighted by molar-refractivity contribution is 5.84. The maximum atomic E-state index is 12.3. The second kappa shape index (κ2) is 6.54. The number of hydrogen-bond donors (Lipinski definition) is 2. The van der Waals surface area contributed by atoms with Crippen LogP contribution in [-0.2, 0) is 11.2 Å². The van der Waals surface area contributed by atoms with Crippen molar-refractivity contribution in [1.82, 2.24) is 14.9 Å². The highest BCUT2D eigenvalue weighted by Crippen LogP contribution is 2.14. The summed E-state index contributed by atoms with van der Waals surface area (Å²) >= 11 is 0. The van der Waals surface area contributed by atoms with E-state index in [9.17, 15) is 4.79 Å². The fourth-order valence-corrected chi connectivity index (χ4v) is 2.42. The lowest BCUT2D eigenvalue weighted by atomic mass is 10.1. The molecule has 20 heavy (non-hydrogen) atoms. The molecule has 110 valence electrons. The molecule has 1 aliphatic rings. The van der Waals surface area contributed by atoms with E-state index in [4.69, 9.17) is 5.73 Å². The Morgan fingerprint density at radius 3 is 2.75 bits per heavy atom. The van der Waals surface area contributed by atoms with Crippen LogP contribution in [0.4, 0.5) is 11.6 Å². The first-order chi connectivity index (χ1) is 9.60. The number of nitrogen functional groups attached to an aromatic ring is 1. The molecule has 0 spiro atoms. The van der Waals surface area contributed by atoms with E-state index < -0.39 is 0 Å². The van der Waals surface area contributed by atoms with Crippen molar-refractivity contribution >= 4 is 17.5 Å². The second-order valence-electron chi connectivity index (χ2n) is 5.20. The number of nitrogens with one attached hydrogen (secondary N) is 1. The largest absolute Gasteiger partial charge is 0.384 e. The van der Waals surface area contributed by atoms with Crippen LogP contribution in [0.25, 0.3) is 0 Å². The first kappa shape index (κ1) is 14.6. The van der Waals surface area contributed by atoms with Crippen molar-refractivity contribution in [2.75, 3.05) is 24.1 Å². The molecule has 1 saturated heterocycles. The van der Waals surface area contributed by atoms with Gasteiger partial charge in [-0.25, -0.2) is 9.97 Å². The van der Waals surface area contributed by atoms with Crippen LogP contribution in [-0.4, -0.2) is 39.9 Å². The summed E-state index contributed by atoms with van der Waals surface area (Å²) in [6.45, 7) is 5.55. The maximum Gasteiger partial charge on any atom is 0.244 e. The topological polar surface area (TPSA) is 84.1 Å². The van der Waals surface area contributed by atoms with Gasteiger partial charge in [-0.3, -0.25) is 4.79 Å². The minimum Gasteiger partial charge on any atom is -0.384 e. The third-order valence-electron chi connectivity index (χ3n) is 3.51. The van der Waals surface area contributed by atoms with Gasteiger partial charge in [-0.1, -0.05) is 6.92 Å². The number of aryl methyl sites for hydroxylation is 1. The average molecular weight is 277 g/mol. The van der Waals surface area contributed by atoms with Gasteiger partial charge in [-0.15, -0.1) is 0 Å². The molecular weight excluding hydrogens is 254 g/mol. The summed E-state index contributed by atoms with van der Waals surface area (Å²) in [5, 5.41) is 3.13. The number of aromatic nitrogens is 2. The summed E-state index contributed by atoms with van der Waals surface area (Å²) in [5.41, 5.74) is 5.74. The molecule has 1 aromatic heterocycles. The number of hydrogen-bond acceptors (Lipinski definition) is 5. The van der Waals surface area contributed by atoms with Gasteiger partial charge in [0.05, 0.1) is 0 Å². The fraction of sp³-hybridized carbons (Fsp3) is 0.643. The molecule has 0 radical (unpaired) electrons. The average Bonchev–Trinajstić information content (AvgIpc) is 2.46. The van der Waals surface area contributed by atoms with Crippen LogP contribution in [0.1, 0.15) is 38.9 Å². The molecule has 1 unspecified atom stereocenters. The number of amides is 1. The number of carbonyl (C=O) groups is 1. The molecule has 0 aromatic carbocycles. The minimum atomic E-state index is -0.299. The van der Waals surface area contributed by atoms with Crippen molar-refractivity contribution in [3.05, 3.63) is 11.9 Å². The number of likely N-dealkylation sites (tertiary alicyclic amines) is 1. The van der Waals surface area contributed by atoms with Crippen molar-refractivity contribution in [3.8, 4) is 0 Å². The Bertz CT molecular complexity index is 471. The molecular formula is C14H23N5O. The summed E-state index contributed by atoms with van der Waals surface area (Å²) in [4.78, 5) is 22.7. The van der Waals surface area contributed by atoms with Gasteiger partial charge in [0, 0.05) is 25.6 Å². The number of nitrogens with two attached hydrogens (primary N) is 1. The maximum absolute atomic E-state index is 12.3. The minimum absolute atomic E-state index is 0.125. The van der Waals surface area contributed by atoms with Crippen LogP contribution in [0.15, 0.2) is 6.07 Å². The van der Waals surface area contributed by atoms with Crippen LogP contribution in [0.3, 0.4) is 0 Å². The summed E-state index contributed by atoms with van der Waals surface area (Å²) in [6.07, 6.45) is 4.12. The molecule has 0 aliphatic carbocycles. The Morgan fingerprint density at radius 2 is 2.10 bits per heavy atom. The lowest BCUT2D eigenvalue weighted by Gasteiger charge is -2.29. The van der Waals surface area contributed by atoms with Crippen LogP contribution in [0.2, 0.25) is 0 Å². The second-order valence-corrected chi connectivity index (χ2v) is 5.20. The highest BCUT2D eigenvalue weighted by Gasteiger charge is 2.22. The van der Waals surface area contributed by atoms with E-state index in [0.29, 0.717) is 23.9 Å². The van der Waals surface area contributed by atoms with Gasteiger partial charge in [0.1, 0.15) is 23.5 Å². The Labute approximate surface area is 119 Å². The number of piperidine rings is 1. The zero-order chi connectivity index (χ0) is 14.5. The Kier molecular flexibility index (Phi) is 4.76. The van der Waals surface area contributed by atoms with Crippen LogP contribution >= 0.6 is 0 Å². The van der Waals surface area contributed by atoms with Gasteiger partial charge in [0.25, 0.3) is 0 Å². The molecule has 3 N–H and O–H groups in total. The van der Waals surface area contributed by atoms with Gasteiger partial charge >= 0.3 is 0 Å². The molecule has 1 aliphatic heterocycles. The van der Waals surface area contributed by atoms with Gasteiger partial charge in [-0.05, 0) is 26.2 Å². The summed E-state index contributed by atoms with van der Waals surface area (Å²) in [5.74, 6) is 1.86. The van der Waals surface area contributed by atoms with Gasteiger partial charge < -0.3 is 16.0 Å². The number of rotatable bonds is 4. The quantitative estimate of drug-likeness (QED) is 0.870. The predicted molar refractivity (Wildman–Crippen MR) is 79.3 cm³/mol. The van der Waals surface area contributed by atoms with Crippen molar-refractivity contribution in [3.63, 3.8) is 0 Å².